The van der Waals surface area contributed by atoms with E-state index in [4.69, 9.17) is 4.74 Å². The van der Waals surface area contributed by atoms with Crippen LogP contribution in [0.1, 0.15) is 53.4 Å². The summed E-state index contributed by atoms with van der Waals surface area (Å²) in [6.07, 6.45) is 4.68. The van der Waals surface area contributed by atoms with Crippen LogP contribution in [-0.2, 0) is 0 Å². The summed E-state index contributed by atoms with van der Waals surface area (Å²) in [4.78, 5) is 15.3. The summed E-state index contributed by atoms with van der Waals surface area (Å²) in [6.45, 7) is 2.43. The van der Waals surface area contributed by atoms with Crippen molar-refractivity contribution in [3.8, 4) is 16.9 Å². The van der Waals surface area contributed by atoms with E-state index in [1.807, 2.05) is 41.3 Å². The Morgan fingerprint density at radius 1 is 1.31 bits per heavy atom. The maximum Gasteiger partial charge on any atom is 0.254 e. The van der Waals surface area contributed by atoms with Gasteiger partial charge in [-0.3, -0.25) is 9.89 Å². The Labute approximate surface area is 170 Å². The van der Waals surface area contributed by atoms with Crippen molar-refractivity contribution in [2.24, 2.45) is 0 Å². The largest absolute Gasteiger partial charge is 0.497 e. The monoisotopic (exact) mass is 391 g/mol. The molecule has 1 aliphatic rings. The number of carbonyl (C=O) groups is 1. The number of aliphatic hydroxyl groups excluding tert-OH is 1. The van der Waals surface area contributed by atoms with Crippen molar-refractivity contribution in [3.05, 3.63) is 71.5 Å². The minimum Gasteiger partial charge on any atom is -0.497 e. The summed E-state index contributed by atoms with van der Waals surface area (Å²) >= 11 is 0. The molecule has 0 aliphatic carbocycles. The van der Waals surface area contributed by atoms with Gasteiger partial charge >= 0.3 is 0 Å². The molecule has 1 saturated heterocycles. The van der Waals surface area contributed by atoms with E-state index in [9.17, 15) is 9.90 Å². The SMILES string of the molecule is COc1cccc(C2CCCN2C(=O)c2ccc(-c3cn[nH]c3)c(C(C)O)c2)c1. The molecule has 29 heavy (non-hydrogen) atoms. The first-order valence-electron chi connectivity index (χ1n) is 9.84. The molecule has 1 aromatic heterocycles. The number of hydrogen-bond donors (Lipinski definition) is 2. The number of methoxy groups -OCH3 is 1. The number of likely N-dealkylation sites (tertiary alicyclic amines) is 1. The van der Waals surface area contributed by atoms with E-state index < -0.39 is 6.10 Å². The third-order valence-electron chi connectivity index (χ3n) is 5.55. The minimum absolute atomic E-state index is 0.0176. The molecule has 6 heteroatoms. The van der Waals surface area contributed by atoms with Gasteiger partial charge < -0.3 is 14.7 Å². The van der Waals surface area contributed by atoms with Gasteiger partial charge in [0.1, 0.15) is 5.75 Å². The molecular formula is C23H25N3O3. The lowest BCUT2D eigenvalue weighted by atomic mass is 9.95. The predicted octanol–water partition coefficient (Wildman–Crippen LogP) is 4.12. The summed E-state index contributed by atoms with van der Waals surface area (Å²) in [5.74, 6) is 0.776. The first kappa shape index (κ1) is 19.2. The lowest BCUT2D eigenvalue weighted by Crippen LogP contribution is -2.30. The summed E-state index contributed by atoms with van der Waals surface area (Å²) in [6, 6.07) is 13.5. The highest BCUT2D eigenvalue weighted by molar-refractivity contribution is 5.95. The number of nitrogens with one attached hydrogen (secondary N) is 1. The minimum atomic E-state index is -0.694. The van der Waals surface area contributed by atoms with Crippen molar-refractivity contribution in [2.75, 3.05) is 13.7 Å². The lowest BCUT2D eigenvalue weighted by molar-refractivity contribution is 0.0735. The molecule has 3 aromatic rings. The first-order chi connectivity index (χ1) is 14.1. The molecule has 1 amide bonds. The molecule has 150 valence electrons. The van der Waals surface area contributed by atoms with E-state index in [-0.39, 0.29) is 11.9 Å². The number of hydrogen-bond acceptors (Lipinski definition) is 4. The maximum absolute atomic E-state index is 13.4. The van der Waals surface area contributed by atoms with Crippen LogP contribution in [0.25, 0.3) is 11.1 Å². The van der Waals surface area contributed by atoms with Crippen LogP contribution in [-0.4, -0.2) is 39.8 Å². The molecule has 2 atom stereocenters. The number of aliphatic hydroxyl groups is 1. The Morgan fingerprint density at radius 2 is 2.17 bits per heavy atom. The number of amides is 1. The molecule has 2 N–H and O–H groups in total. The van der Waals surface area contributed by atoms with Gasteiger partial charge in [0.05, 0.1) is 25.5 Å². The van der Waals surface area contributed by atoms with Gasteiger partial charge in [-0.05, 0) is 60.7 Å². The van der Waals surface area contributed by atoms with Crippen LogP contribution >= 0.6 is 0 Å². The standard InChI is InChI=1S/C23H25N3O3/c1-15(27)21-12-17(8-9-20(21)18-13-24-25-14-18)23(28)26-10-4-7-22(26)16-5-3-6-19(11-16)29-2/h3,5-6,8-9,11-15,22,27H,4,7,10H2,1-2H3,(H,24,25). The van der Waals surface area contributed by atoms with Gasteiger partial charge in [0, 0.05) is 23.9 Å². The number of ether oxygens (including phenoxy) is 1. The third-order valence-corrected chi connectivity index (χ3v) is 5.55. The molecule has 0 spiro atoms. The molecule has 2 heterocycles. The van der Waals surface area contributed by atoms with Crippen LogP contribution in [0.3, 0.4) is 0 Å². The van der Waals surface area contributed by atoms with E-state index in [1.165, 1.54) is 0 Å². The Balaban J connectivity index is 1.65. The van der Waals surface area contributed by atoms with Crippen molar-refractivity contribution < 1.29 is 14.6 Å². The molecule has 0 saturated carbocycles. The highest BCUT2D eigenvalue weighted by Gasteiger charge is 2.31. The Hall–Kier alpha value is -3.12. The summed E-state index contributed by atoms with van der Waals surface area (Å²) in [5, 5.41) is 17.1. The predicted molar refractivity (Wildman–Crippen MR) is 111 cm³/mol. The van der Waals surface area contributed by atoms with Crippen molar-refractivity contribution in [3.63, 3.8) is 0 Å². The van der Waals surface area contributed by atoms with E-state index in [0.717, 1.165) is 40.8 Å². The van der Waals surface area contributed by atoms with Crippen molar-refractivity contribution >= 4 is 5.91 Å². The summed E-state index contributed by atoms with van der Waals surface area (Å²) < 4.78 is 5.35. The van der Waals surface area contributed by atoms with Crippen LogP contribution < -0.4 is 4.74 Å². The number of H-pyrrole nitrogens is 1. The molecule has 1 aliphatic heterocycles. The third kappa shape index (κ3) is 3.76. The fourth-order valence-electron chi connectivity index (χ4n) is 4.07. The second kappa shape index (κ2) is 8.09. The van der Waals surface area contributed by atoms with Crippen molar-refractivity contribution in [1.82, 2.24) is 15.1 Å². The van der Waals surface area contributed by atoms with Gasteiger partial charge in [0.25, 0.3) is 5.91 Å². The Bertz CT molecular complexity index is 998. The molecule has 0 radical (unpaired) electrons. The fourth-order valence-corrected chi connectivity index (χ4v) is 4.07. The number of rotatable bonds is 5. The van der Waals surface area contributed by atoms with Crippen LogP contribution in [0.4, 0.5) is 0 Å². The van der Waals surface area contributed by atoms with Gasteiger partial charge in [0.2, 0.25) is 0 Å². The van der Waals surface area contributed by atoms with Crippen LogP contribution in [0, 0.1) is 0 Å². The molecular weight excluding hydrogens is 366 g/mol. The van der Waals surface area contributed by atoms with Crippen LogP contribution in [0.5, 0.6) is 5.75 Å². The van der Waals surface area contributed by atoms with Gasteiger partial charge in [-0.25, -0.2) is 0 Å². The van der Waals surface area contributed by atoms with Crippen molar-refractivity contribution in [1.29, 1.82) is 0 Å². The zero-order valence-electron chi connectivity index (χ0n) is 16.6. The van der Waals surface area contributed by atoms with E-state index in [0.29, 0.717) is 12.1 Å². The van der Waals surface area contributed by atoms with E-state index in [1.54, 1.807) is 32.5 Å². The van der Waals surface area contributed by atoms with Gasteiger partial charge in [-0.15, -0.1) is 0 Å². The normalized spacial score (nSPS) is 17.3. The van der Waals surface area contributed by atoms with Gasteiger partial charge in [-0.2, -0.15) is 5.10 Å². The number of aromatic amines is 1. The van der Waals surface area contributed by atoms with Crippen LogP contribution in [0.2, 0.25) is 0 Å². The average Bonchev–Trinajstić information content (AvgIpc) is 3.45. The average molecular weight is 391 g/mol. The Morgan fingerprint density at radius 3 is 2.90 bits per heavy atom. The lowest BCUT2D eigenvalue weighted by Gasteiger charge is -2.26. The summed E-state index contributed by atoms with van der Waals surface area (Å²) in [7, 11) is 1.65. The molecule has 6 nitrogen and oxygen atoms in total. The van der Waals surface area contributed by atoms with Crippen molar-refractivity contribution in [2.45, 2.75) is 31.9 Å². The number of carbonyl (C=O) groups excluding carboxylic acids is 1. The number of aromatic nitrogens is 2. The van der Waals surface area contributed by atoms with E-state index in [2.05, 4.69) is 10.2 Å². The molecule has 0 bridgehead atoms. The van der Waals surface area contributed by atoms with Gasteiger partial charge in [-0.1, -0.05) is 18.2 Å². The smallest absolute Gasteiger partial charge is 0.254 e. The topological polar surface area (TPSA) is 78.5 Å². The Kier molecular flexibility index (Phi) is 5.36. The number of benzene rings is 2. The first-order valence-corrected chi connectivity index (χ1v) is 9.84. The van der Waals surface area contributed by atoms with Gasteiger partial charge in [0.15, 0.2) is 0 Å². The molecule has 2 aromatic carbocycles. The zero-order chi connectivity index (χ0) is 20.4. The van der Waals surface area contributed by atoms with E-state index >= 15 is 0 Å². The quantitative estimate of drug-likeness (QED) is 0.686. The molecule has 4 rings (SSSR count). The molecule has 1 fully saturated rings. The zero-order valence-corrected chi connectivity index (χ0v) is 16.6. The second-order valence-corrected chi connectivity index (χ2v) is 7.40. The second-order valence-electron chi connectivity index (χ2n) is 7.40. The molecule has 2 unspecified atom stereocenters. The number of nitrogens with zero attached hydrogens (tertiary/aromatic N) is 2. The summed E-state index contributed by atoms with van der Waals surface area (Å²) in [5.41, 5.74) is 4.14. The maximum atomic E-state index is 13.4. The van der Waals surface area contributed by atoms with Crippen LogP contribution in [0.15, 0.2) is 54.9 Å². The fraction of sp³-hybridized carbons (Fsp3) is 0.304. The highest BCUT2D eigenvalue weighted by Crippen LogP contribution is 2.35. The highest BCUT2D eigenvalue weighted by atomic mass is 16.5.